The maximum atomic E-state index is 11.8. The predicted octanol–water partition coefficient (Wildman–Crippen LogP) is 2.53. The predicted molar refractivity (Wildman–Crippen MR) is 43.0 cm³/mol. The second-order valence-corrected chi connectivity index (χ2v) is 3.33. The standard InChI is InChI=1S/C8H16F3N/c1-4-7(2)5-12(3)6-8(9,10)11/h7H,4-6H2,1-3H3. The van der Waals surface area contributed by atoms with Gasteiger partial charge in [-0.3, -0.25) is 4.90 Å². The van der Waals surface area contributed by atoms with Crippen molar-refractivity contribution in [2.45, 2.75) is 26.4 Å². The van der Waals surface area contributed by atoms with E-state index < -0.39 is 12.7 Å². The van der Waals surface area contributed by atoms with E-state index in [1.807, 2.05) is 13.8 Å². The number of halogens is 3. The lowest BCUT2D eigenvalue weighted by atomic mass is 10.1. The second kappa shape index (κ2) is 4.70. The molecule has 74 valence electrons. The molecule has 0 heterocycles. The summed E-state index contributed by atoms with van der Waals surface area (Å²) in [5.74, 6) is 0.331. The molecule has 0 aliphatic rings. The number of rotatable bonds is 4. The fraction of sp³-hybridized carbons (Fsp3) is 1.00. The van der Waals surface area contributed by atoms with Crippen molar-refractivity contribution in [3.63, 3.8) is 0 Å². The average Bonchev–Trinajstić information content (AvgIpc) is 1.82. The Morgan fingerprint density at radius 3 is 2.17 bits per heavy atom. The molecule has 0 aliphatic carbocycles. The van der Waals surface area contributed by atoms with Gasteiger partial charge in [0.25, 0.3) is 0 Å². The Labute approximate surface area is 71.6 Å². The lowest BCUT2D eigenvalue weighted by Gasteiger charge is -2.21. The summed E-state index contributed by atoms with van der Waals surface area (Å²) in [6, 6.07) is 0. The van der Waals surface area contributed by atoms with Crippen molar-refractivity contribution in [2.24, 2.45) is 5.92 Å². The van der Waals surface area contributed by atoms with E-state index in [-0.39, 0.29) is 0 Å². The third kappa shape index (κ3) is 6.46. The Hall–Kier alpha value is -0.250. The number of hydrogen-bond donors (Lipinski definition) is 0. The molecule has 0 spiro atoms. The molecule has 0 saturated carbocycles. The van der Waals surface area contributed by atoms with Crippen LogP contribution in [0.3, 0.4) is 0 Å². The highest BCUT2D eigenvalue weighted by Crippen LogP contribution is 2.16. The van der Waals surface area contributed by atoms with Gasteiger partial charge in [0.15, 0.2) is 0 Å². The number of alkyl halides is 3. The van der Waals surface area contributed by atoms with Crippen LogP contribution >= 0.6 is 0 Å². The summed E-state index contributed by atoms with van der Waals surface area (Å²) < 4.78 is 35.5. The topological polar surface area (TPSA) is 3.24 Å². The smallest absolute Gasteiger partial charge is 0.298 e. The first-order valence-corrected chi connectivity index (χ1v) is 4.10. The third-order valence-corrected chi connectivity index (χ3v) is 1.77. The van der Waals surface area contributed by atoms with E-state index >= 15 is 0 Å². The van der Waals surface area contributed by atoms with E-state index in [1.54, 1.807) is 0 Å². The van der Waals surface area contributed by atoms with Gasteiger partial charge < -0.3 is 0 Å². The highest BCUT2D eigenvalue weighted by Gasteiger charge is 2.29. The molecule has 0 bridgehead atoms. The zero-order valence-corrected chi connectivity index (χ0v) is 7.78. The quantitative estimate of drug-likeness (QED) is 0.647. The van der Waals surface area contributed by atoms with Crippen molar-refractivity contribution >= 4 is 0 Å². The molecule has 0 saturated heterocycles. The Kier molecular flexibility index (Phi) is 4.60. The summed E-state index contributed by atoms with van der Waals surface area (Å²) in [5.41, 5.74) is 0. The van der Waals surface area contributed by atoms with Gasteiger partial charge >= 0.3 is 6.18 Å². The summed E-state index contributed by atoms with van der Waals surface area (Å²) >= 11 is 0. The molecule has 0 fully saturated rings. The molecule has 1 atom stereocenters. The summed E-state index contributed by atoms with van der Waals surface area (Å²) in [7, 11) is 1.50. The molecule has 1 nitrogen and oxygen atoms in total. The van der Waals surface area contributed by atoms with Crippen molar-refractivity contribution < 1.29 is 13.2 Å². The van der Waals surface area contributed by atoms with Crippen LogP contribution in [0.4, 0.5) is 13.2 Å². The van der Waals surface area contributed by atoms with E-state index in [0.29, 0.717) is 12.5 Å². The minimum atomic E-state index is -4.07. The summed E-state index contributed by atoms with van der Waals surface area (Å²) in [4.78, 5) is 1.31. The van der Waals surface area contributed by atoms with Gasteiger partial charge in [0.05, 0.1) is 6.54 Å². The molecular weight excluding hydrogens is 167 g/mol. The Balaban J connectivity index is 3.66. The van der Waals surface area contributed by atoms with Crippen LogP contribution in [0.5, 0.6) is 0 Å². The van der Waals surface area contributed by atoms with Crippen LogP contribution in [0, 0.1) is 5.92 Å². The van der Waals surface area contributed by atoms with Crippen LogP contribution in [0.25, 0.3) is 0 Å². The molecule has 1 unspecified atom stereocenters. The molecule has 12 heavy (non-hydrogen) atoms. The van der Waals surface area contributed by atoms with Crippen molar-refractivity contribution in [3.8, 4) is 0 Å². The van der Waals surface area contributed by atoms with E-state index in [2.05, 4.69) is 0 Å². The van der Waals surface area contributed by atoms with Gasteiger partial charge in [-0.15, -0.1) is 0 Å². The van der Waals surface area contributed by atoms with Crippen LogP contribution < -0.4 is 0 Å². The Morgan fingerprint density at radius 2 is 1.83 bits per heavy atom. The molecule has 0 N–H and O–H groups in total. The average molecular weight is 183 g/mol. The highest BCUT2D eigenvalue weighted by molar-refractivity contribution is 4.61. The normalized spacial score (nSPS) is 15.2. The Bertz CT molecular complexity index is 122. The zero-order chi connectivity index (χ0) is 9.78. The fourth-order valence-corrected chi connectivity index (χ4v) is 1.03. The van der Waals surface area contributed by atoms with Crippen LogP contribution in [0.15, 0.2) is 0 Å². The molecule has 0 amide bonds. The molecule has 0 aromatic carbocycles. The van der Waals surface area contributed by atoms with E-state index in [9.17, 15) is 13.2 Å². The van der Waals surface area contributed by atoms with Crippen LogP contribution in [-0.2, 0) is 0 Å². The van der Waals surface area contributed by atoms with Crippen LogP contribution in [-0.4, -0.2) is 31.2 Å². The van der Waals surface area contributed by atoms with Crippen molar-refractivity contribution in [3.05, 3.63) is 0 Å². The Morgan fingerprint density at radius 1 is 1.33 bits per heavy atom. The maximum Gasteiger partial charge on any atom is 0.401 e. The van der Waals surface area contributed by atoms with Gasteiger partial charge in [0, 0.05) is 6.54 Å². The fourth-order valence-electron chi connectivity index (χ4n) is 1.03. The van der Waals surface area contributed by atoms with Gasteiger partial charge in [0.1, 0.15) is 0 Å². The number of hydrogen-bond acceptors (Lipinski definition) is 1. The van der Waals surface area contributed by atoms with E-state index in [0.717, 1.165) is 6.42 Å². The highest BCUT2D eigenvalue weighted by atomic mass is 19.4. The summed E-state index contributed by atoms with van der Waals surface area (Å²) in [5, 5.41) is 0. The molecule has 0 rings (SSSR count). The van der Waals surface area contributed by atoms with Gasteiger partial charge in [-0.25, -0.2) is 0 Å². The molecule has 0 radical (unpaired) electrons. The second-order valence-electron chi connectivity index (χ2n) is 3.33. The van der Waals surface area contributed by atoms with Crippen LogP contribution in [0.2, 0.25) is 0 Å². The molecule has 0 aliphatic heterocycles. The largest absolute Gasteiger partial charge is 0.401 e. The summed E-state index contributed by atoms with van der Waals surface area (Å²) in [6.07, 6.45) is -3.15. The van der Waals surface area contributed by atoms with Crippen LogP contribution in [0.1, 0.15) is 20.3 Å². The lowest BCUT2D eigenvalue weighted by molar-refractivity contribution is -0.143. The van der Waals surface area contributed by atoms with Crippen molar-refractivity contribution in [1.29, 1.82) is 0 Å². The van der Waals surface area contributed by atoms with E-state index in [4.69, 9.17) is 0 Å². The molecule has 0 aromatic rings. The van der Waals surface area contributed by atoms with Gasteiger partial charge in [-0.1, -0.05) is 20.3 Å². The van der Waals surface area contributed by atoms with Crippen molar-refractivity contribution in [2.75, 3.05) is 20.1 Å². The SMILES string of the molecule is CCC(C)CN(C)CC(F)(F)F. The molecule has 4 heteroatoms. The molecular formula is C8H16F3N. The van der Waals surface area contributed by atoms with Gasteiger partial charge in [0.2, 0.25) is 0 Å². The first-order valence-electron chi connectivity index (χ1n) is 4.10. The van der Waals surface area contributed by atoms with E-state index in [1.165, 1.54) is 11.9 Å². The number of nitrogens with zero attached hydrogens (tertiary/aromatic N) is 1. The maximum absolute atomic E-state index is 11.8. The minimum absolute atomic E-state index is 0.331. The first-order chi connectivity index (χ1) is 5.35. The van der Waals surface area contributed by atoms with Gasteiger partial charge in [-0.2, -0.15) is 13.2 Å². The summed E-state index contributed by atoms with van der Waals surface area (Å²) in [6.45, 7) is 3.63. The van der Waals surface area contributed by atoms with Crippen molar-refractivity contribution in [1.82, 2.24) is 4.90 Å². The third-order valence-electron chi connectivity index (χ3n) is 1.77. The molecule has 0 aromatic heterocycles. The minimum Gasteiger partial charge on any atom is -0.298 e. The van der Waals surface area contributed by atoms with Gasteiger partial charge in [-0.05, 0) is 13.0 Å². The lowest BCUT2D eigenvalue weighted by Crippen LogP contribution is -2.33. The monoisotopic (exact) mass is 183 g/mol. The first kappa shape index (κ1) is 11.8. The zero-order valence-electron chi connectivity index (χ0n) is 7.78.